The number of hydrogen-bond acceptors (Lipinski definition) is 8. The number of rotatable bonds is 8. The van der Waals surface area contributed by atoms with Crippen LogP contribution in [0.3, 0.4) is 0 Å². The Hall–Kier alpha value is -4.54. The Labute approximate surface area is 240 Å². The third-order valence-electron chi connectivity index (χ3n) is 7.72. The minimum Gasteiger partial charge on any atom is -0.493 e. The van der Waals surface area contributed by atoms with E-state index in [1.54, 1.807) is 42.5 Å². The summed E-state index contributed by atoms with van der Waals surface area (Å²) >= 11 is 0. The molecule has 2 aliphatic rings. The van der Waals surface area contributed by atoms with Gasteiger partial charge in [-0.3, -0.25) is 4.98 Å². The summed E-state index contributed by atoms with van der Waals surface area (Å²) < 4.78 is 11.8. The van der Waals surface area contributed by atoms with E-state index < -0.39 is 0 Å². The number of carbonyl (C=O) groups is 1. The molecule has 10 heteroatoms. The van der Waals surface area contributed by atoms with Gasteiger partial charge in [-0.25, -0.2) is 4.79 Å². The molecule has 0 radical (unpaired) electrons. The molecule has 1 aromatic heterocycles. The van der Waals surface area contributed by atoms with E-state index in [4.69, 9.17) is 14.7 Å². The fourth-order valence-corrected chi connectivity index (χ4v) is 5.50. The number of nitrogens with zero attached hydrogens (tertiary/aromatic N) is 6. The van der Waals surface area contributed by atoms with Gasteiger partial charge >= 0.3 is 6.03 Å². The summed E-state index contributed by atoms with van der Waals surface area (Å²) in [5.41, 5.74) is 3.18. The first kappa shape index (κ1) is 28.0. The number of piperidine rings is 1. The second-order valence-corrected chi connectivity index (χ2v) is 10.4. The lowest BCUT2D eigenvalue weighted by Gasteiger charge is -2.36. The Morgan fingerprint density at radius 1 is 0.976 bits per heavy atom. The number of carbonyl (C=O) groups excluding carboxylic acids is 1. The molecule has 0 atom stereocenters. The monoisotopic (exact) mass is 553 g/mol. The Kier molecular flexibility index (Phi) is 9.02. The van der Waals surface area contributed by atoms with Crippen molar-refractivity contribution in [2.24, 2.45) is 0 Å². The molecule has 3 heterocycles. The summed E-state index contributed by atoms with van der Waals surface area (Å²) in [6, 6.07) is 14.7. The van der Waals surface area contributed by atoms with Gasteiger partial charge in [0, 0.05) is 56.1 Å². The Morgan fingerprint density at radius 3 is 2.41 bits per heavy atom. The normalized spacial score (nSPS) is 15.7. The van der Waals surface area contributed by atoms with Crippen LogP contribution in [-0.4, -0.2) is 80.3 Å². The maximum Gasteiger partial charge on any atom is 0.321 e. The van der Waals surface area contributed by atoms with Crippen LogP contribution in [0.25, 0.3) is 10.9 Å². The average molecular weight is 554 g/mol. The van der Waals surface area contributed by atoms with E-state index in [1.165, 1.54) is 32.4 Å². The van der Waals surface area contributed by atoms with Crippen LogP contribution in [0.5, 0.6) is 11.5 Å². The van der Waals surface area contributed by atoms with Crippen molar-refractivity contribution in [3.05, 3.63) is 53.7 Å². The second-order valence-electron chi connectivity index (χ2n) is 10.4. The highest BCUT2D eigenvalue weighted by Crippen LogP contribution is 2.38. The number of nitriles is 2. The maximum absolute atomic E-state index is 12.9. The van der Waals surface area contributed by atoms with Crippen molar-refractivity contribution < 1.29 is 14.3 Å². The van der Waals surface area contributed by atoms with Gasteiger partial charge in [0.15, 0.2) is 11.5 Å². The maximum atomic E-state index is 12.9. The SMILES string of the molecule is COc1cc2c(N3CCN(C(=O)Nc4ccc(C#N)cc4)CC3)c(C#N)cnc2cc1OCCCN1CCCCC1. The first-order chi connectivity index (χ1) is 20.1. The van der Waals surface area contributed by atoms with Gasteiger partial charge in [-0.05, 0) is 62.7 Å². The summed E-state index contributed by atoms with van der Waals surface area (Å²) in [7, 11) is 1.62. The Morgan fingerprint density at radius 2 is 1.73 bits per heavy atom. The molecular formula is C31H35N7O3. The summed E-state index contributed by atoms with van der Waals surface area (Å²) in [5, 5.41) is 22.6. The lowest BCUT2D eigenvalue weighted by Crippen LogP contribution is -2.50. The molecular weight excluding hydrogens is 518 g/mol. The van der Waals surface area contributed by atoms with E-state index in [-0.39, 0.29) is 6.03 Å². The molecule has 41 heavy (non-hydrogen) atoms. The van der Waals surface area contributed by atoms with Crippen molar-refractivity contribution in [1.29, 1.82) is 10.5 Å². The number of anilines is 2. The number of amides is 2. The van der Waals surface area contributed by atoms with Gasteiger partial charge in [0.1, 0.15) is 6.07 Å². The number of fused-ring (bicyclic) bond motifs is 1. The minimum absolute atomic E-state index is 0.196. The number of benzene rings is 2. The van der Waals surface area contributed by atoms with Crippen LogP contribution >= 0.6 is 0 Å². The predicted octanol–water partition coefficient (Wildman–Crippen LogP) is 4.60. The number of piperazine rings is 1. The van der Waals surface area contributed by atoms with E-state index in [9.17, 15) is 10.1 Å². The highest BCUT2D eigenvalue weighted by Gasteiger charge is 2.25. The lowest BCUT2D eigenvalue weighted by molar-refractivity contribution is 0.203. The summed E-state index contributed by atoms with van der Waals surface area (Å²) in [6.45, 7) is 6.07. The van der Waals surface area contributed by atoms with E-state index in [1.807, 2.05) is 12.1 Å². The molecule has 2 aliphatic heterocycles. The highest BCUT2D eigenvalue weighted by molar-refractivity contribution is 5.97. The third kappa shape index (κ3) is 6.62. The van der Waals surface area contributed by atoms with Crippen molar-refractivity contribution in [3.63, 3.8) is 0 Å². The third-order valence-corrected chi connectivity index (χ3v) is 7.72. The quantitative estimate of drug-likeness (QED) is 0.403. The van der Waals surface area contributed by atoms with Crippen LogP contribution in [0.4, 0.5) is 16.2 Å². The number of nitrogens with one attached hydrogen (secondary N) is 1. The second kappa shape index (κ2) is 13.2. The van der Waals surface area contributed by atoms with Crippen molar-refractivity contribution in [2.75, 3.05) is 69.7 Å². The summed E-state index contributed by atoms with van der Waals surface area (Å²) in [4.78, 5) is 23.8. The molecule has 1 N–H and O–H groups in total. The Bertz CT molecular complexity index is 1450. The zero-order chi connectivity index (χ0) is 28.6. The number of ether oxygens (including phenoxy) is 2. The lowest BCUT2D eigenvalue weighted by atomic mass is 10.1. The van der Waals surface area contributed by atoms with Crippen LogP contribution in [0.1, 0.15) is 36.8 Å². The van der Waals surface area contributed by atoms with Crippen LogP contribution in [0.15, 0.2) is 42.6 Å². The largest absolute Gasteiger partial charge is 0.493 e. The minimum atomic E-state index is -0.196. The summed E-state index contributed by atoms with van der Waals surface area (Å²) in [6.07, 6.45) is 6.43. The Balaban J connectivity index is 1.26. The van der Waals surface area contributed by atoms with Crippen LogP contribution in [0, 0.1) is 22.7 Å². The molecule has 0 saturated carbocycles. The molecule has 0 bridgehead atoms. The first-order valence-electron chi connectivity index (χ1n) is 14.2. The van der Waals surface area contributed by atoms with E-state index in [0.29, 0.717) is 61.1 Å². The smallest absolute Gasteiger partial charge is 0.321 e. The number of pyridine rings is 1. The van der Waals surface area contributed by atoms with Gasteiger partial charge in [-0.2, -0.15) is 10.5 Å². The number of aromatic nitrogens is 1. The molecule has 0 aliphatic carbocycles. The van der Waals surface area contributed by atoms with Gasteiger partial charge in [-0.1, -0.05) is 6.42 Å². The fraction of sp³-hybridized carbons (Fsp3) is 0.419. The molecule has 2 saturated heterocycles. The topological polar surface area (TPSA) is 118 Å². The van der Waals surface area contributed by atoms with Gasteiger partial charge in [-0.15, -0.1) is 0 Å². The van der Waals surface area contributed by atoms with Crippen molar-refractivity contribution in [3.8, 4) is 23.6 Å². The molecule has 10 nitrogen and oxygen atoms in total. The van der Waals surface area contributed by atoms with Crippen molar-refractivity contribution >= 4 is 28.3 Å². The van der Waals surface area contributed by atoms with Gasteiger partial charge < -0.3 is 29.5 Å². The fourth-order valence-electron chi connectivity index (χ4n) is 5.50. The number of urea groups is 1. The molecule has 0 unspecified atom stereocenters. The van der Waals surface area contributed by atoms with Gasteiger partial charge in [0.25, 0.3) is 0 Å². The number of methoxy groups -OCH3 is 1. The van der Waals surface area contributed by atoms with Crippen molar-refractivity contribution in [1.82, 2.24) is 14.8 Å². The van der Waals surface area contributed by atoms with E-state index in [0.717, 1.165) is 29.6 Å². The zero-order valence-electron chi connectivity index (χ0n) is 23.4. The van der Waals surface area contributed by atoms with Crippen LogP contribution < -0.4 is 19.7 Å². The van der Waals surface area contributed by atoms with Crippen molar-refractivity contribution in [2.45, 2.75) is 25.7 Å². The number of hydrogen-bond donors (Lipinski definition) is 1. The predicted molar refractivity (Wildman–Crippen MR) is 157 cm³/mol. The van der Waals surface area contributed by atoms with E-state index >= 15 is 0 Å². The van der Waals surface area contributed by atoms with E-state index in [2.05, 4.69) is 32.2 Å². The molecule has 5 rings (SSSR count). The molecule has 3 aromatic rings. The zero-order valence-corrected chi connectivity index (χ0v) is 23.4. The number of likely N-dealkylation sites (tertiary alicyclic amines) is 1. The molecule has 2 fully saturated rings. The molecule has 2 amide bonds. The first-order valence-corrected chi connectivity index (χ1v) is 14.2. The standard InChI is InChI=1S/C31H35N7O3/c1-40-28-18-26-27(19-29(28)41-17-5-12-36-10-3-2-4-11-36)34-22-24(21-33)30(26)37-13-15-38(16-14-37)31(39)35-25-8-6-23(20-32)7-9-25/h6-9,18-19,22H,2-5,10-17H2,1H3,(H,35,39). The summed E-state index contributed by atoms with van der Waals surface area (Å²) in [5.74, 6) is 1.25. The average Bonchev–Trinajstić information content (AvgIpc) is 3.03. The molecule has 212 valence electrons. The molecule has 0 spiro atoms. The van der Waals surface area contributed by atoms with Crippen LogP contribution in [-0.2, 0) is 0 Å². The molecule has 2 aromatic carbocycles. The van der Waals surface area contributed by atoms with Gasteiger partial charge in [0.05, 0.1) is 42.1 Å². The van der Waals surface area contributed by atoms with Crippen LogP contribution in [0.2, 0.25) is 0 Å². The van der Waals surface area contributed by atoms with Gasteiger partial charge in [0.2, 0.25) is 0 Å². The highest BCUT2D eigenvalue weighted by atomic mass is 16.5.